The van der Waals surface area contributed by atoms with Crippen molar-refractivity contribution in [2.24, 2.45) is 0 Å². The highest BCUT2D eigenvalue weighted by Gasteiger charge is 2.16. The average molecular weight is 404 g/mol. The molecule has 0 saturated heterocycles. The third kappa shape index (κ3) is 3.84. The molecule has 0 bridgehead atoms. The smallest absolute Gasteiger partial charge is 0.255 e. The maximum absolute atomic E-state index is 12.7. The van der Waals surface area contributed by atoms with Gasteiger partial charge in [0.05, 0.1) is 34.3 Å². The van der Waals surface area contributed by atoms with Gasteiger partial charge in [0, 0.05) is 24.2 Å². The fraction of sp³-hybridized carbons (Fsp3) is 0. The van der Waals surface area contributed by atoms with E-state index in [1.54, 1.807) is 55.1 Å². The molecular weight excluding hydrogens is 388 g/mol. The maximum Gasteiger partial charge on any atom is 0.255 e. The van der Waals surface area contributed by atoms with Crippen molar-refractivity contribution in [2.75, 3.05) is 5.32 Å². The standard InChI is InChI=1S/C24H16N6O/c31-24(28-17-6-5-11-25-15-17)16-9-10-18-21(14-16)30-23(20-8-2-4-13-27-20)22(29-18)19-7-1-3-12-26-19/h1-15H,(H,28,31). The van der Waals surface area contributed by atoms with E-state index in [4.69, 9.17) is 9.97 Å². The summed E-state index contributed by atoms with van der Waals surface area (Å²) in [5.41, 5.74) is 4.99. The average Bonchev–Trinajstić information content (AvgIpc) is 2.84. The van der Waals surface area contributed by atoms with Gasteiger partial charge in [0.15, 0.2) is 0 Å². The van der Waals surface area contributed by atoms with E-state index in [0.29, 0.717) is 45.1 Å². The van der Waals surface area contributed by atoms with Gasteiger partial charge in [0.1, 0.15) is 11.4 Å². The normalized spacial score (nSPS) is 10.7. The van der Waals surface area contributed by atoms with Gasteiger partial charge in [0.25, 0.3) is 5.91 Å². The Morgan fingerprint density at radius 2 is 1.42 bits per heavy atom. The molecule has 0 spiro atoms. The number of pyridine rings is 3. The molecule has 31 heavy (non-hydrogen) atoms. The fourth-order valence-corrected chi connectivity index (χ4v) is 3.20. The van der Waals surface area contributed by atoms with Crippen LogP contribution < -0.4 is 5.32 Å². The Kier molecular flexibility index (Phi) is 4.82. The van der Waals surface area contributed by atoms with Crippen LogP contribution in [0.4, 0.5) is 5.69 Å². The van der Waals surface area contributed by atoms with Gasteiger partial charge >= 0.3 is 0 Å². The van der Waals surface area contributed by atoms with E-state index in [1.807, 2.05) is 36.4 Å². The van der Waals surface area contributed by atoms with E-state index in [2.05, 4.69) is 20.3 Å². The number of hydrogen-bond donors (Lipinski definition) is 1. The molecule has 0 aliphatic carbocycles. The second-order valence-corrected chi connectivity index (χ2v) is 6.75. The molecule has 4 aromatic heterocycles. The van der Waals surface area contributed by atoms with Gasteiger partial charge in [-0.25, -0.2) is 9.97 Å². The highest BCUT2D eigenvalue weighted by atomic mass is 16.1. The van der Waals surface area contributed by atoms with Crippen molar-refractivity contribution in [3.63, 3.8) is 0 Å². The van der Waals surface area contributed by atoms with Gasteiger partial charge in [-0.15, -0.1) is 0 Å². The number of carbonyl (C=O) groups excluding carboxylic acids is 1. The molecule has 7 heteroatoms. The van der Waals surface area contributed by atoms with Crippen molar-refractivity contribution in [2.45, 2.75) is 0 Å². The van der Waals surface area contributed by atoms with Crippen molar-refractivity contribution in [3.8, 4) is 22.8 Å². The van der Waals surface area contributed by atoms with Gasteiger partial charge in [-0.05, 0) is 54.6 Å². The third-order valence-electron chi connectivity index (χ3n) is 4.66. The van der Waals surface area contributed by atoms with Crippen molar-refractivity contribution in [3.05, 3.63) is 97.1 Å². The van der Waals surface area contributed by atoms with Crippen molar-refractivity contribution < 1.29 is 4.79 Å². The molecule has 148 valence electrons. The van der Waals surface area contributed by atoms with Gasteiger partial charge in [-0.2, -0.15) is 0 Å². The number of carbonyl (C=O) groups is 1. The molecule has 1 amide bonds. The van der Waals surface area contributed by atoms with Crippen LogP contribution in [0, 0.1) is 0 Å². The lowest BCUT2D eigenvalue weighted by atomic mass is 10.1. The summed E-state index contributed by atoms with van der Waals surface area (Å²) in [4.78, 5) is 35.2. The van der Waals surface area contributed by atoms with Gasteiger partial charge in [0.2, 0.25) is 0 Å². The molecule has 0 fully saturated rings. The topological polar surface area (TPSA) is 93.6 Å². The summed E-state index contributed by atoms with van der Waals surface area (Å²) < 4.78 is 0. The van der Waals surface area contributed by atoms with E-state index in [0.717, 1.165) is 0 Å². The van der Waals surface area contributed by atoms with Crippen LogP contribution in [0.3, 0.4) is 0 Å². The maximum atomic E-state index is 12.7. The van der Waals surface area contributed by atoms with Crippen LogP contribution in [0.15, 0.2) is 91.5 Å². The number of benzene rings is 1. The summed E-state index contributed by atoms with van der Waals surface area (Å²) in [5, 5.41) is 2.83. The molecule has 5 rings (SSSR count). The Labute approximate surface area is 177 Å². The SMILES string of the molecule is O=C(Nc1cccnc1)c1ccc2nc(-c3ccccn3)c(-c3ccccn3)nc2c1. The van der Waals surface area contributed by atoms with Crippen molar-refractivity contribution in [1.29, 1.82) is 0 Å². The van der Waals surface area contributed by atoms with Crippen LogP contribution in [0.25, 0.3) is 33.8 Å². The molecule has 4 heterocycles. The highest BCUT2D eigenvalue weighted by molar-refractivity contribution is 6.06. The van der Waals surface area contributed by atoms with E-state index < -0.39 is 0 Å². The Morgan fingerprint density at radius 1 is 0.710 bits per heavy atom. The quantitative estimate of drug-likeness (QED) is 0.477. The largest absolute Gasteiger partial charge is 0.321 e. The first-order valence-corrected chi connectivity index (χ1v) is 9.64. The molecule has 0 aliphatic heterocycles. The van der Waals surface area contributed by atoms with Crippen LogP contribution in [0.1, 0.15) is 10.4 Å². The molecule has 0 atom stereocenters. The Balaban J connectivity index is 1.61. The second kappa shape index (κ2) is 8.08. The minimum atomic E-state index is -0.245. The number of hydrogen-bond acceptors (Lipinski definition) is 6. The lowest BCUT2D eigenvalue weighted by Gasteiger charge is -2.10. The van der Waals surface area contributed by atoms with Crippen molar-refractivity contribution >= 4 is 22.6 Å². The summed E-state index contributed by atoms with van der Waals surface area (Å²) in [6.45, 7) is 0. The lowest BCUT2D eigenvalue weighted by molar-refractivity contribution is 0.102. The van der Waals surface area contributed by atoms with Crippen LogP contribution in [0.5, 0.6) is 0 Å². The van der Waals surface area contributed by atoms with Crippen LogP contribution in [-0.2, 0) is 0 Å². The minimum absolute atomic E-state index is 0.245. The monoisotopic (exact) mass is 404 g/mol. The second-order valence-electron chi connectivity index (χ2n) is 6.75. The van der Waals surface area contributed by atoms with E-state index >= 15 is 0 Å². The number of amides is 1. The lowest BCUT2D eigenvalue weighted by Crippen LogP contribution is -2.12. The third-order valence-corrected chi connectivity index (χ3v) is 4.66. The number of fused-ring (bicyclic) bond motifs is 1. The van der Waals surface area contributed by atoms with Crippen LogP contribution in [0.2, 0.25) is 0 Å². The predicted molar refractivity (Wildman–Crippen MR) is 118 cm³/mol. The van der Waals surface area contributed by atoms with Crippen LogP contribution >= 0.6 is 0 Å². The number of rotatable bonds is 4. The molecular formula is C24H16N6O. The molecule has 5 aromatic rings. The highest BCUT2D eigenvalue weighted by Crippen LogP contribution is 2.29. The molecule has 0 radical (unpaired) electrons. The summed E-state index contributed by atoms with van der Waals surface area (Å²) in [6, 6.07) is 20.0. The Bertz CT molecular complexity index is 1360. The van der Waals surface area contributed by atoms with E-state index in [9.17, 15) is 4.79 Å². The van der Waals surface area contributed by atoms with E-state index in [-0.39, 0.29) is 5.91 Å². The zero-order valence-corrected chi connectivity index (χ0v) is 16.3. The van der Waals surface area contributed by atoms with Crippen LogP contribution in [-0.4, -0.2) is 30.8 Å². The van der Waals surface area contributed by atoms with E-state index in [1.165, 1.54) is 0 Å². The van der Waals surface area contributed by atoms with Gasteiger partial charge in [-0.3, -0.25) is 19.7 Å². The summed E-state index contributed by atoms with van der Waals surface area (Å²) >= 11 is 0. The van der Waals surface area contributed by atoms with Gasteiger partial charge < -0.3 is 5.32 Å². The summed E-state index contributed by atoms with van der Waals surface area (Å²) in [5.74, 6) is -0.245. The summed E-state index contributed by atoms with van der Waals surface area (Å²) in [6.07, 6.45) is 6.67. The Morgan fingerprint density at radius 3 is 2.03 bits per heavy atom. The predicted octanol–water partition coefficient (Wildman–Crippen LogP) is 4.40. The number of anilines is 1. The first-order chi connectivity index (χ1) is 15.3. The summed E-state index contributed by atoms with van der Waals surface area (Å²) in [7, 11) is 0. The zero-order valence-electron chi connectivity index (χ0n) is 16.3. The fourth-order valence-electron chi connectivity index (χ4n) is 3.20. The number of aromatic nitrogens is 5. The first kappa shape index (κ1) is 18.5. The molecule has 1 aromatic carbocycles. The number of nitrogens with one attached hydrogen (secondary N) is 1. The molecule has 7 nitrogen and oxygen atoms in total. The molecule has 0 saturated carbocycles. The molecule has 1 N–H and O–H groups in total. The minimum Gasteiger partial charge on any atom is -0.321 e. The molecule has 0 unspecified atom stereocenters. The molecule has 0 aliphatic rings. The zero-order chi connectivity index (χ0) is 21.0. The number of nitrogens with zero attached hydrogens (tertiary/aromatic N) is 5. The Hall–Kier alpha value is -4.52. The first-order valence-electron chi connectivity index (χ1n) is 9.64. The van der Waals surface area contributed by atoms with Gasteiger partial charge in [-0.1, -0.05) is 12.1 Å². The van der Waals surface area contributed by atoms with Crippen molar-refractivity contribution in [1.82, 2.24) is 24.9 Å².